The smallest absolute Gasteiger partial charge is 0.228 e. The molecule has 1 saturated heterocycles. The first-order valence-corrected chi connectivity index (χ1v) is 9.85. The van der Waals surface area contributed by atoms with Gasteiger partial charge in [0.15, 0.2) is 0 Å². The Kier molecular flexibility index (Phi) is 5.58. The zero-order chi connectivity index (χ0) is 19.3. The lowest BCUT2D eigenvalue weighted by Crippen LogP contribution is -2.33. The van der Waals surface area contributed by atoms with Crippen LogP contribution in [0.1, 0.15) is 47.8 Å². The summed E-state index contributed by atoms with van der Waals surface area (Å²) in [6.45, 7) is 5.97. The normalized spacial score (nSPS) is 17.4. The van der Waals surface area contributed by atoms with Crippen LogP contribution in [0.3, 0.4) is 0 Å². The SMILES string of the molecule is Cc1cc(C)nc(Nc2ccc(C3CCCCN3Cc3cccnc3)cn2)n1. The molecular formula is C22H26N6. The largest absolute Gasteiger partial charge is 0.309 e. The van der Waals surface area contributed by atoms with E-state index in [2.05, 4.69) is 42.3 Å². The first kappa shape index (κ1) is 18.5. The lowest BCUT2D eigenvalue weighted by Gasteiger charge is -2.36. The van der Waals surface area contributed by atoms with Crippen LogP contribution >= 0.6 is 0 Å². The predicted octanol–water partition coefficient (Wildman–Crippen LogP) is 4.35. The second-order valence-electron chi connectivity index (χ2n) is 7.42. The number of likely N-dealkylation sites (tertiary alicyclic amines) is 1. The summed E-state index contributed by atoms with van der Waals surface area (Å²) in [7, 11) is 0. The summed E-state index contributed by atoms with van der Waals surface area (Å²) in [5.74, 6) is 1.36. The molecule has 0 saturated carbocycles. The number of hydrogen-bond donors (Lipinski definition) is 1. The van der Waals surface area contributed by atoms with Gasteiger partial charge in [-0.25, -0.2) is 15.0 Å². The molecule has 144 valence electrons. The van der Waals surface area contributed by atoms with Crippen LogP contribution in [0, 0.1) is 13.8 Å². The fraction of sp³-hybridized carbons (Fsp3) is 0.364. The van der Waals surface area contributed by atoms with Crippen molar-refractivity contribution in [2.24, 2.45) is 0 Å². The third-order valence-corrected chi connectivity index (χ3v) is 5.12. The quantitative estimate of drug-likeness (QED) is 0.716. The van der Waals surface area contributed by atoms with E-state index in [1.165, 1.54) is 24.0 Å². The molecule has 0 aromatic carbocycles. The summed E-state index contributed by atoms with van der Waals surface area (Å²) in [6, 6.07) is 10.7. The van der Waals surface area contributed by atoms with Crippen LogP contribution in [0.15, 0.2) is 48.9 Å². The molecule has 0 aliphatic carbocycles. The summed E-state index contributed by atoms with van der Waals surface area (Å²) < 4.78 is 0. The molecule has 0 bridgehead atoms. The molecule has 1 atom stereocenters. The number of aromatic nitrogens is 4. The van der Waals surface area contributed by atoms with Gasteiger partial charge in [0.2, 0.25) is 5.95 Å². The molecule has 1 unspecified atom stereocenters. The molecule has 1 fully saturated rings. The zero-order valence-corrected chi connectivity index (χ0v) is 16.5. The molecule has 3 aromatic rings. The average Bonchev–Trinajstić information content (AvgIpc) is 2.69. The van der Waals surface area contributed by atoms with Crippen molar-refractivity contribution in [2.75, 3.05) is 11.9 Å². The fourth-order valence-electron chi connectivity index (χ4n) is 3.86. The molecule has 0 amide bonds. The molecule has 1 N–H and O–H groups in total. The average molecular weight is 374 g/mol. The van der Waals surface area contributed by atoms with E-state index in [-0.39, 0.29) is 0 Å². The number of nitrogens with one attached hydrogen (secondary N) is 1. The Morgan fingerprint density at radius 1 is 1.07 bits per heavy atom. The van der Waals surface area contributed by atoms with Gasteiger partial charge < -0.3 is 5.32 Å². The van der Waals surface area contributed by atoms with Crippen molar-refractivity contribution < 1.29 is 0 Å². The molecule has 28 heavy (non-hydrogen) atoms. The lowest BCUT2D eigenvalue weighted by molar-refractivity contribution is 0.140. The van der Waals surface area contributed by atoms with Crippen LogP contribution in [0.4, 0.5) is 11.8 Å². The Bertz CT molecular complexity index is 890. The monoisotopic (exact) mass is 374 g/mol. The predicted molar refractivity (Wildman–Crippen MR) is 110 cm³/mol. The Labute approximate surface area is 166 Å². The maximum atomic E-state index is 4.62. The van der Waals surface area contributed by atoms with Gasteiger partial charge >= 0.3 is 0 Å². The molecule has 4 heterocycles. The van der Waals surface area contributed by atoms with Gasteiger partial charge in [0.1, 0.15) is 5.82 Å². The highest BCUT2D eigenvalue weighted by Crippen LogP contribution is 2.32. The van der Waals surface area contributed by atoms with Gasteiger partial charge in [-0.3, -0.25) is 9.88 Å². The maximum absolute atomic E-state index is 4.62. The standard InChI is InChI=1S/C22H26N6/c1-16-12-17(2)26-22(25-16)27-21-9-8-19(14-24-21)20-7-3-4-11-28(20)15-18-6-5-10-23-13-18/h5-6,8-10,12-14,20H,3-4,7,11,15H2,1-2H3,(H,24,25,26,27). The van der Waals surface area contributed by atoms with Gasteiger partial charge in [0.05, 0.1) is 0 Å². The van der Waals surface area contributed by atoms with E-state index >= 15 is 0 Å². The first-order chi connectivity index (χ1) is 13.7. The maximum Gasteiger partial charge on any atom is 0.228 e. The van der Waals surface area contributed by atoms with E-state index in [1.54, 1.807) is 0 Å². The summed E-state index contributed by atoms with van der Waals surface area (Å²) in [5, 5.41) is 3.21. The van der Waals surface area contributed by atoms with Gasteiger partial charge in [0.25, 0.3) is 0 Å². The van der Waals surface area contributed by atoms with Crippen LogP contribution in [0.25, 0.3) is 0 Å². The van der Waals surface area contributed by atoms with Crippen molar-refractivity contribution in [2.45, 2.75) is 45.7 Å². The van der Waals surface area contributed by atoms with Gasteiger partial charge in [-0.2, -0.15) is 0 Å². The van der Waals surface area contributed by atoms with E-state index in [4.69, 9.17) is 0 Å². The van der Waals surface area contributed by atoms with Gasteiger partial charge in [0, 0.05) is 42.6 Å². The van der Waals surface area contributed by atoms with E-state index in [0.29, 0.717) is 12.0 Å². The first-order valence-electron chi connectivity index (χ1n) is 9.85. The Balaban J connectivity index is 1.48. The van der Waals surface area contributed by atoms with Crippen molar-refractivity contribution in [3.8, 4) is 0 Å². The molecular weight excluding hydrogens is 348 g/mol. The minimum absolute atomic E-state index is 0.396. The topological polar surface area (TPSA) is 66.8 Å². The Morgan fingerprint density at radius 3 is 2.64 bits per heavy atom. The van der Waals surface area contributed by atoms with Crippen molar-refractivity contribution in [3.63, 3.8) is 0 Å². The third-order valence-electron chi connectivity index (χ3n) is 5.12. The van der Waals surface area contributed by atoms with Crippen molar-refractivity contribution in [3.05, 3.63) is 71.4 Å². The number of pyridine rings is 2. The second-order valence-corrected chi connectivity index (χ2v) is 7.42. The minimum atomic E-state index is 0.396. The van der Waals surface area contributed by atoms with Crippen LogP contribution in [0.2, 0.25) is 0 Å². The Hall–Kier alpha value is -2.86. The van der Waals surface area contributed by atoms with E-state index < -0.39 is 0 Å². The summed E-state index contributed by atoms with van der Waals surface area (Å²) in [4.78, 5) is 20.3. The number of nitrogens with zero attached hydrogens (tertiary/aromatic N) is 5. The number of piperidine rings is 1. The third kappa shape index (κ3) is 4.51. The minimum Gasteiger partial charge on any atom is -0.309 e. The summed E-state index contributed by atoms with van der Waals surface area (Å²) in [5.41, 5.74) is 4.41. The summed E-state index contributed by atoms with van der Waals surface area (Å²) >= 11 is 0. The number of rotatable bonds is 5. The fourth-order valence-corrected chi connectivity index (χ4v) is 3.86. The van der Waals surface area contributed by atoms with Crippen molar-refractivity contribution >= 4 is 11.8 Å². The molecule has 1 aliphatic rings. The van der Waals surface area contributed by atoms with Crippen LogP contribution in [-0.4, -0.2) is 31.4 Å². The van der Waals surface area contributed by atoms with E-state index in [1.807, 2.05) is 50.6 Å². The second kappa shape index (κ2) is 8.44. The van der Waals surface area contributed by atoms with Crippen LogP contribution in [-0.2, 0) is 6.54 Å². The van der Waals surface area contributed by atoms with Crippen LogP contribution in [0.5, 0.6) is 0 Å². The molecule has 6 nitrogen and oxygen atoms in total. The molecule has 3 aromatic heterocycles. The van der Waals surface area contributed by atoms with Crippen LogP contribution < -0.4 is 5.32 Å². The number of anilines is 2. The molecule has 1 aliphatic heterocycles. The highest BCUT2D eigenvalue weighted by molar-refractivity contribution is 5.48. The molecule has 6 heteroatoms. The lowest BCUT2D eigenvalue weighted by atomic mass is 9.96. The van der Waals surface area contributed by atoms with Gasteiger partial charge in [-0.1, -0.05) is 18.6 Å². The van der Waals surface area contributed by atoms with Gasteiger partial charge in [-0.15, -0.1) is 0 Å². The van der Waals surface area contributed by atoms with E-state index in [9.17, 15) is 0 Å². The highest BCUT2D eigenvalue weighted by atomic mass is 15.2. The zero-order valence-electron chi connectivity index (χ0n) is 16.5. The van der Waals surface area contributed by atoms with Crippen molar-refractivity contribution in [1.29, 1.82) is 0 Å². The number of aryl methyl sites for hydroxylation is 2. The Morgan fingerprint density at radius 2 is 1.93 bits per heavy atom. The molecule has 0 spiro atoms. The number of hydrogen-bond acceptors (Lipinski definition) is 6. The van der Waals surface area contributed by atoms with Crippen molar-refractivity contribution in [1.82, 2.24) is 24.8 Å². The van der Waals surface area contributed by atoms with Gasteiger partial charge in [-0.05, 0) is 62.6 Å². The molecule has 0 radical (unpaired) electrons. The summed E-state index contributed by atoms with van der Waals surface area (Å²) in [6.07, 6.45) is 9.43. The highest BCUT2D eigenvalue weighted by Gasteiger charge is 2.24. The van der Waals surface area contributed by atoms with E-state index in [0.717, 1.165) is 36.7 Å². The molecule has 4 rings (SSSR count).